The summed E-state index contributed by atoms with van der Waals surface area (Å²) in [6, 6.07) is 18.8. The van der Waals surface area contributed by atoms with Gasteiger partial charge in [0.1, 0.15) is 5.82 Å². The molecule has 36 heavy (non-hydrogen) atoms. The van der Waals surface area contributed by atoms with E-state index in [2.05, 4.69) is 15.3 Å². The first-order chi connectivity index (χ1) is 17.5. The number of H-pyrrole nitrogens is 1. The van der Waals surface area contributed by atoms with Crippen LogP contribution in [0.3, 0.4) is 0 Å². The number of nitrogen functional groups attached to an aromatic ring is 1. The SMILES string of the molecule is COCCCN(C(=O)c1cn(Cc2ccccc2)nn1)c1c(N)n(Cc2ccccc2)c(=O)[nH]c1=O. The molecule has 11 heteroatoms. The van der Waals surface area contributed by atoms with E-state index in [0.29, 0.717) is 19.6 Å². The van der Waals surface area contributed by atoms with Gasteiger partial charge in [-0.15, -0.1) is 5.10 Å². The average molecular weight is 490 g/mol. The molecule has 11 nitrogen and oxygen atoms in total. The van der Waals surface area contributed by atoms with E-state index in [1.54, 1.807) is 11.8 Å². The fraction of sp³-hybridized carbons (Fsp3) is 0.240. The van der Waals surface area contributed by atoms with Crippen molar-refractivity contribution < 1.29 is 9.53 Å². The zero-order chi connectivity index (χ0) is 25.5. The first-order valence-corrected chi connectivity index (χ1v) is 11.4. The molecule has 3 N–H and O–H groups in total. The van der Waals surface area contributed by atoms with Gasteiger partial charge in [0.15, 0.2) is 11.4 Å². The second kappa shape index (κ2) is 11.3. The Morgan fingerprint density at radius 3 is 2.31 bits per heavy atom. The molecule has 186 valence electrons. The van der Waals surface area contributed by atoms with Gasteiger partial charge in [-0.25, -0.2) is 9.48 Å². The van der Waals surface area contributed by atoms with Gasteiger partial charge >= 0.3 is 5.69 Å². The lowest BCUT2D eigenvalue weighted by Gasteiger charge is -2.23. The molecule has 0 saturated heterocycles. The maximum absolute atomic E-state index is 13.5. The van der Waals surface area contributed by atoms with Crippen LogP contribution in [0.15, 0.2) is 76.4 Å². The normalized spacial score (nSPS) is 10.9. The van der Waals surface area contributed by atoms with Crippen molar-refractivity contribution in [2.75, 3.05) is 30.9 Å². The second-order valence-corrected chi connectivity index (χ2v) is 8.15. The summed E-state index contributed by atoms with van der Waals surface area (Å²) in [5, 5.41) is 8.08. The van der Waals surface area contributed by atoms with Crippen LogP contribution in [-0.2, 0) is 17.8 Å². The highest BCUT2D eigenvalue weighted by molar-refractivity contribution is 6.05. The van der Waals surface area contributed by atoms with Gasteiger partial charge in [0.25, 0.3) is 11.5 Å². The van der Waals surface area contributed by atoms with Crippen molar-refractivity contribution in [3.63, 3.8) is 0 Å². The smallest absolute Gasteiger partial charge is 0.330 e. The van der Waals surface area contributed by atoms with Gasteiger partial charge in [0.05, 0.1) is 19.3 Å². The van der Waals surface area contributed by atoms with E-state index in [4.69, 9.17) is 10.5 Å². The van der Waals surface area contributed by atoms with Crippen LogP contribution in [-0.4, -0.2) is 50.7 Å². The number of nitrogens with two attached hydrogens (primary N) is 1. The molecular weight excluding hydrogens is 462 g/mol. The quantitative estimate of drug-likeness (QED) is 0.322. The van der Waals surface area contributed by atoms with Gasteiger partial charge in [-0.05, 0) is 17.5 Å². The predicted octanol–water partition coefficient (Wildman–Crippen LogP) is 1.49. The zero-order valence-corrected chi connectivity index (χ0v) is 19.8. The number of benzene rings is 2. The number of aromatic amines is 1. The molecule has 0 bridgehead atoms. The van der Waals surface area contributed by atoms with Crippen LogP contribution in [0.2, 0.25) is 0 Å². The number of rotatable bonds is 10. The summed E-state index contributed by atoms with van der Waals surface area (Å²) in [6.45, 7) is 1.03. The highest BCUT2D eigenvalue weighted by Crippen LogP contribution is 2.20. The van der Waals surface area contributed by atoms with Crippen LogP contribution in [0, 0.1) is 0 Å². The molecule has 0 radical (unpaired) electrons. The molecule has 2 heterocycles. The number of carbonyl (C=O) groups excluding carboxylic acids is 1. The Labute approximate surface area is 206 Å². The number of hydrogen-bond acceptors (Lipinski definition) is 7. The molecule has 4 aromatic rings. The number of aromatic nitrogens is 5. The van der Waals surface area contributed by atoms with Gasteiger partial charge in [-0.2, -0.15) is 0 Å². The Bertz CT molecular complexity index is 1430. The number of amides is 1. The van der Waals surface area contributed by atoms with E-state index in [9.17, 15) is 14.4 Å². The number of methoxy groups -OCH3 is 1. The van der Waals surface area contributed by atoms with Crippen LogP contribution in [0.25, 0.3) is 0 Å². The number of hydrogen-bond donors (Lipinski definition) is 2. The summed E-state index contributed by atoms with van der Waals surface area (Å²) in [4.78, 5) is 42.6. The monoisotopic (exact) mass is 489 g/mol. The fourth-order valence-corrected chi connectivity index (χ4v) is 3.83. The number of ether oxygens (including phenoxy) is 1. The Morgan fingerprint density at radius 1 is 1.03 bits per heavy atom. The molecule has 0 atom stereocenters. The van der Waals surface area contributed by atoms with Gasteiger partial charge in [0, 0.05) is 20.3 Å². The minimum Gasteiger partial charge on any atom is -0.385 e. The Kier molecular flexibility index (Phi) is 7.71. The number of anilines is 2. The van der Waals surface area contributed by atoms with Crippen molar-refractivity contribution in [1.82, 2.24) is 24.5 Å². The highest BCUT2D eigenvalue weighted by Gasteiger charge is 2.27. The largest absolute Gasteiger partial charge is 0.385 e. The second-order valence-electron chi connectivity index (χ2n) is 8.15. The third-order valence-electron chi connectivity index (χ3n) is 5.59. The van der Waals surface area contributed by atoms with Gasteiger partial charge < -0.3 is 10.5 Å². The number of nitrogens with one attached hydrogen (secondary N) is 1. The summed E-state index contributed by atoms with van der Waals surface area (Å²) in [7, 11) is 1.54. The van der Waals surface area contributed by atoms with Crippen molar-refractivity contribution >= 4 is 17.4 Å². The third-order valence-corrected chi connectivity index (χ3v) is 5.59. The molecule has 0 saturated carbocycles. The minimum atomic E-state index is -0.760. The van der Waals surface area contributed by atoms with Gasteiger partial charge in [-0.3, -0.25) is 24.0 Å². The maximum Gasteiger partial charge on any atom is 0.330 e. The number of carbonyl (C=O) groups is 1. The van der Waals surface area contributed by atoms with Crippen molar-refractivity contribution in [3.05, 3.63) is 105 Å². The summed E-state index contributed by atoms with van der Waals surface area (Å²) in [5.74, 6) is -0.678. The third kappa shape index (κ3) is 5.58. The molecule has 0 spiro atoms. The molecular formula is C25H27N7O4. The summed E-state index contributed by atoms with van der Waals surface area (Å²) >= 11 is 0. The molecule has 1 amide bonds. The van der Waals surface area contributed by atoms with Crippen LogP contribution in [0.4, 0.5) is 11.5 Å². The molecule has 0 aliphatic rings. The van der Waals surface area contributed by atoms with Gasteiger partial charge in [0.2, 0.25) is 0 Å². The molecule has 2 aromatic heterocycles. The molecule has 2 aromatic carbocycles. The first kappa shape index (κ1) is 24.6. The van der Waals surface area contributed by atoms with E-state index in [0.717, 1.165) is 11.1 Å². The summed E-state index contributed by atoms with van der Waals surface area (Å²) < 4.78 is 7.90. The zero-order valence-electron chi connectivity index (χ0n) is 19.8. The van der Waals surface area contributed by atoms with Crippen LogP contribution < -0.4 is 21.9 Å². The summed E-state index contributed by atoms with van der Waals surface area (Å²) in [5.41, 5.74) is 6.64. The van der Waals surface area contributed by atoms with E-state index >= 15 is 0 Å². The van der Waals surface area contributed by atoms with Crippen molar-refractivity contribution in [2.45, 2.75) is 19.5 Å². The van der Waals surface area contributed by atoms with E-state index in [1.807, 2.05) is 60.7 Å². The Balaban J connectivity index is 1.69. The lowest BCUT2D eigenvalue weighted by Crippen LogP contribution is -2.42. The summed E-state index contributed by atoms with van der Waals surface area (Å²) in [6.07, 6.45) is 1.94. The molecule has 0 unspecified atom stereocenters. The minimum absolute atomic E-state index is 0.0444. The molecule has 0 fully saturated rings. The van der Waals surface area contributed by atoms with E-state index in [-0.39, 0.29) is 30.3 Å². The molecule has 0 aliphatic heterocycles. The lowest BCUT2D eigenvalue weighted by molar-refractivity contribution is 0.0978. The molecule has 0 aliphatic carbocycles. The van der Waals surface area contributed by atoms with Crippen molar-refractivity contribution in [3.8, 4) is 0 Å². The van der Waals surface area contributed by atoms with Crippen molar-refractivity contribution in [2.24, 2.45) is 0 Å². The lowest BCUT2D eigenvalue weighted by atomic mass is 10.2. The maximum atomic E-state index is 13.5. The average Bonchev–Trinajstić information content (AvgIpc) is 3.35. The predicted molar refractivity (Wildman–Crippen MR) is 135 cm³/mol. The van der Waals surface area contributed by atoms with E-state index < -0.39 is 17.2 Å². The Hall–Kier alpha value is -4.51. The van der Waals surface area contributed by atoms with Crippen molar-refractivity contribution in [1.29, 1.82) is 0 Å². The van der Waals surface area contributed by atoms with Gasteiger partial charge in [-0.1, -0.05) is 65.9 Å². The molecule has 4 rings (SSSR count). The van der Waals surface area contributed by atoms with Crippen LogP contribution in [0.1, 0.15) is 28.0 Å². The van der Waals surface area contributed by atoms with Crippen LogP contribution >= 0.6 is 0 Å². The fourth-order valence-electron chi connectivity index (χ4n) is 3.83. The number of nitrogens with zero attached hydrogens (tertiary/aromatic N) is 5. The topological polar surface area (TPSA) is 141 Å². The standard InChI is InChI=1S/C25H27N7O4/c1-36-14-8-13-31(24(34)20-17-30(29-28-20)15-18-9-4-2-5-10-18)21-22(26)32(25(35)27-23(21)33)16-19-11-6-3-7-12-19/h2-7,9-12,17H,8,13-16,26H2,1H3,(H,27,33,35). The van der Waals surface area contributed by atoms with E-state index in [1.165, 1.54) is 15.7 Å². The first-order valence-electron chi connectivity index (χ1n) is 11.4. The Morgan fingerprint density at radius 2 is 1.67 bits per heavy atom. The highest BCUT2D eigenvalue weighted by atomic mass is 16.5. The van der Waals surface area contributed by atoms with Crippen LogP contribution in [0.5, 0.6) is 0 Å².